The largest absolute Gasteiger partial charge is 0.408 e. The fourth-order valence-corrected chi connectivity index (χ4v) is 3.03. The van der Waals surface area contributed by atoms with Crippen molar-refractivity contribution in [3.8, 4) is 11.1 Å². The van der Waals surface area contributed by atoms with Crippen molar-refractivity contribution in [1.82, 2.24) is 9.78 Å². The number of rotatable bonds is 4. The zero-order valence-corrected chi connectivity index (χ0v) is 15.1. The average molecular weight is 386 g/mol. The van der Waals surface area contributed by atoms with Crippen LogP contribution in [0.4, 0.5) is 13.2 Å². The molecule has 0 aliphatic rings. The third-order valence-corrected chi connectivity index (χ3v) is 4.92. The molecule has 26 heavy (non-hydrogen) atoms. The number of alkyl halides is 3. The molecule has 0 aliphatic heterocycles. The van der Waals surface area contributed by atoms with E-state index in [0.29, 0.717) is 21.4 Å². The van der Waals surface area contributed by atoms with E-state index in [1.165, 1.54) is 30.5 Å². The van der Waals surface area contributed by atoms with Gasteiger partial charge in [0, 0.05) is 11.8 Å². The van der Waals surface area contributed by atoms with Crippen molar-refractivity contribution < 1.29 is 21.6 Å². The van der Waals surface area contributed by atoms with Crippen molar-refractivity contribution in [3.63, 3.8) is 0 Å². The average Bonchev–Trinajstić information content (AvgIpc) is 2.54. The van der Waals surface area contributed by atoms with Gasteiger partial charge < -0.3 is 0 Å². The Labute approximate surface area is 148 Å². The summed E-state index contributed by atoms with van der Waals surface area (Å²) in [5, 5.41) is 3.63. The van der Waals surface area contributed by atoms with Gasteiger partial charge in [-0.05, 0) is 37.1 Å². The van der Waals surface area contributed by atoms with Crippen LogP contribution in [-0.4, -0.2) is 30.6 Å². The lowest BCUT2D eigenvalue weighted by Crippen LogP contribution is -2.32. The van der Waals surface area contributed by atoms with Crippen LogP contribution < -0.4 is 5.56 Å². The Morgan fingerprint density at radius 1 is 1.23 bits per heavy atom. The number of halogens is 3. The highest BCUT2D eigenvalue weighted by atomic mass is 32.2. The molecule has 2 rings (SSSR count). The first-order valence-electron chi connectivity index (χ1n) is 7.54. The van der Waals surface area contributed by atoms with Crippen LogP contribution in [0.2, 0.25) is 0 Å². The van der Waals surface area contributed by atoms with Crippen molar-refractivity contribution >= 4 is 15.4 Å². The zero-order valence-electron chi connectivity index (χ0n) is 14.3. The fraction of sp³-hybridized carbons (Fsp3) is 0.294. The molecule has 0 aliphatic carbocycles. The quantitative estimate of drug-likeness (QED) is 0.809. The summed E-state index contributed by atoms with van der Waals surface area (Å²) < 4.78 is 61.4. The van der Waals surface area contributed by atoms with E-state index in [4.69, 9.17) is 0 Å². The van der Waals surface area contributed by atoms with Gasteiger partial charge in [0.2, 0.25) is 0 Å². The second kappa shape index (κ2) is 7.06. The summed E-state index contributed by atoms with van der Waals surface area (Å²) in [4.78, 5) is 12.6. The molecule has 0 saturated heterocycles. The molecule has 0 unspecified atom stereocenters. The Hall–Kier alpha value is -2.42. The van der Waals surface area contributed by atoms with Crippen LogP contribution in [0.1, 0.15) is 19.4 Å². The maximum Gasteiger partial charge on any atom is 0.408 e. The number of benzene rings is 1. The topological polar surface area (TPSA) is 69.0 Å². The van der Waals surface area contributed by atoms with Crippen LogP contribution in [-0.2, 0) is 16.4 Å². The standard InChI is InChI=1S/C17H17F3N2O3S/c1-4-11(2)15-14(9-21-22(16(15)23)10-17(18,19)20)12-5-7-13(8-6-12)26(3,24)25/h4-9H,10H2,1-3H3/b11-4-. The van der Waals surface area contributed by atoms with Crippen LogP contribution in [0, 0.1) is 0 Å². The first kappa shape index (κ1) is 19.9. The predicted molar refractivity (Wildman–Crippen MR) is 92.4 cm³/mol. The Morgan fingerprint density at radius 2 is 1.81 bits per heavy atom. The van der Waals surface area contributed by atoms with E-state index in [0.717, 1.165) is 6.26 Å². The van der Waals surface area contributed by atoms with E-state index in [9.17, 15) is 26.4 Å². The van der Waals surface area contributed by atoms with Gasteiger partial charge in [-0.1, -0.05) is 18.2 Å². The summed E-state index contributed by atoms with van der Waals surface area (Å²) >= 11 is 0. The monoisotopic (exact) mass is 386 g/mol. The molecule has 0 radical (unpaired) electrons. The van der Waals surface area contributed by atoms with Crippen LogP contribution in [0.15, 0.2) is 46.2 Å². The van der Waals surface area contributed by atoms with E-state index in [1.54, 1.807) is 19.9 Å². The van der Waals surface area contributed by atoms with Gasteiger partial charge in [-0.3, -0.25) is 4.79 Å². The van der Waals surface area contributed by atoms with Crippen molar-refractivity contribution in [2.45, 2.75) is 31.5 Å². The van der Waals surface area contributed by atoms with Crippen molar-refractivity contribution in [3.05, 3.63) is 52.5 Å². The smallest absolute Gasteiger partial charge is 0.267 e. The highest BCUT2D eigenvalue weighted by molar-refractivity contribution is 7.90. The lowest BCUT2D eigenvalue weighted by atomic mass is 9.98. The normalized spacial score (nSPS) is 13.1. The van der Waals surface area contributed by atoms with Gasteiger partial charge in [-0.2, -0.15) is 18.3 Å². The zero-order chi connectivity index (χ0) is 19.7. The van der Waals surface area contributed by atoms with E-state index < -0.39 is 28.1 Å². The summed E-state index contributed by atoms with van der Waals surface area (Å²) in [6, 6.07) is 5.74. The summed E-state index contributed by atoms with van der Waals surface area (Å²) in [6.45, 7) is 1.80. The molecule has 5 nitrogen and oxygen atoms in total. The maximum atomic E-state index is 12.6. The molecule has 140 valence electrons. The second-order valence-electron chi connectivity index (χ2n) is 5.78. The number of sulfone groups is 1. The van der Waals surface area contributed by atoms with Crippen LogP contribution in [0.5, 0.6) is 0 Å². The van der Waals surface area contributed by atoms with Gasteiger partial charge >= 0.3 is 6.18 Å². The van der Waals surface area contributed by atoms with Gasteiger partial charge in [-0.25, -0.2) is 13.1 Å². The van der Waals surface area contributed by atoms with E-state index in [1.807, 2.05) is 0 Å². The van der Waals surface area contributed by atoms with Crippen molar-refractivity contribution in [1.29, 1.82) is 0 Å². The van der Waals surface area contributed by atoms with Crippen LogP contribution in [0.3, 0.4) is 0 Å². The molecular weight excluding hydrogens is 369 g/mol. The number of aromatic nitrogens is 2. The minimum absolute atomic E-state index is 0.0962. The van der Waals surface area contributed by atoms with Gasteiger partial charge in [0.25, 0.3) is 5.56 Å². The number of hydrogen-bond donors (Lipinski definition) is 0. The number of nitrogens with zero attached hydrogens (tertiary/aromatic N) is 2. The molecule has 1 heterocycles. The Kier molecular flexibility index (Phi) is 5.41. The maximum absolute atomic E-state index is 12.6. The van der Waals surface area contributed by atoms with E-state index >= 15 is 0 Å². The third kappa shape index (κ3) is 4.40. The molecule has 0 spiro atoms. The molecule has 0 atom stereocenters. The van der Waals surface area contributed by atoms with Gasteiger partial charge in [-0.15, -0.1) is 0 Å². The Morgan fingerprint density at radius 3 is 2.27 bits per heavy atom. The molecular formula is C17H17F3N2O3S. The lowest BCUT2D eigenvalue weighted by Gasteiger charge is -2.14. The molecule has 0 amide bonds. The summed E-state index contributed by atoms with van der Waals surface area (Å²) in [6.07, 6.45) is -0.707. The van der Waals surface area contributed by atoms with Crippen LogP contribution in [0.25, 0.3) is 16.7 Å². The number of hydrogen-bond acceptors (Lipinski definition) is 4. The fourth-order valence-electron chi connectivity index (χ4n) is 2.40. The van der Waals surface area contributed by atoms with E-state index in [2.05, 4.69) is 5.10 Å². The minimum atomic E-state index is -4.57. The molecule has 0 bridgehead atoms. The molecule has 9 heteroatoms. The van der Waals surface area contributed by atoms with Gasteiger partial charge in [0.05, 0.1) is 16.7 Å². The molecule has 0 saturated carbocycles. The van der Waals surface area contributed by atoms with Crippen molar-refractivity contribution in [2.75, 3.05) is 6.26 Å². The molecule has 0 N–H and O–H groups in total. The first-order chi connectivity index (χ1) is 11.9. The highest BCUT2D eigenvalue weighted by Gasteiger charge is 2.30. The predicted octanol–water partition coefficient (Wildman–Crippen LogP) is 3.30. The second-order valence-corrected chi connectivity index (χ2v) is 7.80. The molecule has 0 fully saturated rings. The third-order valence-electron chi connectivity index (χ3n) is 3.79. The Bertz CT molecular complexity index is 1010. The molecule has 2 aromatic rings. The van der Waals surface area contributed by atoms with E-state index in [-0.39, 0.29) is 10.5 Å². The lowest BCUT2D eigenvalue weighted by molar-refractivity contribution is -0.143. The van der Waals surface area contributed by atoms with Crippen molar-refractivity contribution in [2.24, 2.45) is 0 Å². The Balaban J connectivity index is 2.66. The van der Waals surface area contributed by atoms with Gasteiger partial charge in [0.15, 0.2) is 9.84 Å². The molecule has 1 aromatic heterocycles. The summed E-state index contributed by atoms with van der Waals surface area (Å²) in [7, 11) is -3.39. The highest BCUT2D eigenvalue weighted by Crippen LogP contribution is 2.27. The first-order valence-corrected chi connectivity index (χ1v) is 9.44. The summed E-state index contributed by atoms with van der Waals surface area (Å²) in [5.41, 5.74) is 0.554. The van der Waals surface area contributed by atoms with Gasteiger partial charge in [0.1, 0.15) is 6.54 Å². The number of allylic oxidation sites excluding steroid dienone is 2. The minimum Gasteiger partial charge on any atom is -0.267 e. The SMILES string of the molecule is C/C=C(/C)c1c(-c2ccc(S(C)(=O)=O)cc2)cnn(CC(F)(F)F)c1=O. The molecule has 1 aromatic carbocycles. The summed E-state index contributed by atoms with van der Waals surface area (Å²) in [5.74, 6) is 0. The van der Waals surface area contributed by atoms with Crippen LogP contribution >= 0.6 is 0 Å².